The van der Waals surface area contributed by atoms with E-state index in [1.165, 1.54) is 0 Å². The highest BCUT2D eigenvalue weighted by molar-refractivity contribution is 6.42. The molecule has 104 valence electrons. The second-order valence-electron chi connectivity index (χ2n) is 3.84. The molecule has 0 spiro atoms. The second-order valence-corrected chi connectivity index (χ2v) is 4.62. The Labute approximate surface area is 125 Å². The third-order valence-corrected chi connectivity index (χ3v) is 3.34. The third kappa shape index (κ3) is 3.12. The van der Waals surface area contributed by atoms with E-state index in [-0.39, 0.29) is 12.4 Å². The molecule has 1 aromatic heterocycles. The van der Waals surface area contributed by atoms with Crippen LogP contribution in [-0.2, 0) is 6.61 Å². The lowest BCUT2D eigenvalue weighted by atomic mass is 10.2. The molecule has 0 aliphatic carbocycles. The van der Waals surface area contributed by atoms with Gasteiger partial charge in [0, 0.05) is 11.8 Å². The highest BCUT2D eigenvalue weighted by Crippen LogP contribution is 2.32. The Morgan fingerprint density at radius 2 is 2.10 bits per heavy atom. The van der Waals surface area contributed by atoms with Gasteiger partial charge >= 0.3 is 0 Å². The van der Waals surface area contributed by atoms with E-state index in [0.717, 1.165) is 0 Å². The van der Waals surface area contributed by atoms with Gasteiger partial charge in [-0.1, -0.05) is 40.5 Å². The fraction of sp³-hybridized carbons (Fsp3) is 0.0769. The lowest BCUT2D eigenvalue weighted by molar-refractivity contribution is 0.304. The molecule has 2 rings (SSSR count). The Morgan fingerprint density at radius 3 is 2.85 bits per heavy atom. The molecule has 0 bridgehead atoms. The SMILES string of the molecule is NC(=NO)c1ncccc1COc1cccc(Cl)c1Cl. The molecule has 1 aromatic carbocycles. The Balaban J connectivity index is 2.21. The van der Waals surface area contributed by atoms with E-state index in [1.54, 1.807) is 36.5 Å². The maximum absolute atomic E-state index is 8.72. The highest BCUT2D eigenvalue weighted by Gasteiger charge is 2.10. The average Bonchev–Trinajstić information content (AvgIpc) is 2.48. The number of benzene rings is 1. The van der Waals surface area contributed by atoms with Crippen molar-refractivity contribution in [1.29, 1.82) is 0 Å². The van der Waals surface area contributed by atoms with Crippen molar-refractivity contribution in [1.82, 2.24) is 4.98 Å². The molecule has 0 fully saturated rings. The van der Waals surface area contributed by atoms with E-state index in [9.17, 15) is 0 Å². The molecule has 0 radical (unpaired) electrons. The molecule has 2 aromatic rings. The van der Waals surface area contributed by atoms with Crippen LogP contribution in [-0.4, -0.2) is 16.0 Å². The van der Waals surface area contributed by atoms with E-state index in [1.807, 2.05) is 0 Å². The molecule has 20 heavy (non-hydrogen) atoms. The van der Waals surface area contributed by atoms with E-state index in [4.69, 9.17) is 38.9 Å². The summed E-state index contributed by atoms with van der Waals surface area (Å²) in [6, 6.07) is 8.60. The van der Waals surface area contributed by atoms with Crippen molar-refractivity contribution in [2.45, 2.75) is 6.61 Å². The van der Waals surface area contributed by atoms with Gasteiger partial charge in [-0.25, -0.2) is 0 Å². The summed E-state index contributed by atoms with van der Waals surface area (Å²) >= 11 is 11.9. The van der Waals surface area contributed by atoms with Crippen LogP contribution in [0.4, 0.5) is 0 Å². The van der Waals surface area contributed by atoms with Crippen LogP contribution in [0.25, 0.3) is 0 Å². The molecule has 0 unspecified atom stereocenters. The summed E-state index contributed by atoms with van der Waals surface area (Å²) < 4.78 is 5.59. The minimum atomic E-state index is -0.0820. The molecule has 1 heterocycles. The van der Waals surface area contributed by atoms with Crippen molar-refractivity contribution in [3.05, 3.63) is 57.8 Å². The fourth-order valence-corrected chi connectivity index (χ4v) is 1.93. The highest BCUT2D eigenvalue weighted by atomic mass is 35.5. The standard InChI is InChI=1S/C13H11Cl2N3O2/c14-9-4-1-5-10(11(9)15)20-7-8-3-2-6-17-12(8)13(16)18-19/h1-6,19H,7H2,(H2,16,18). The zero-order valence-corrected chi connectivity index (χ0v) is 11.8. The Hall–Kier alpha value is -1.98. The van der Waals surface area contributed by atoms with Crippen molar-refractivity contribution in [3.63, 3.8) is 0 Å². The Kier molecular flexibility index (Phi) is 4.65. The van der Waals surface area contributed by atoms with Gasteiger partial charge in [-0.15, -0.1) is 0 Å². The maximum atomic E-state index is 8.72. The first kappa shape index (κ1) is 14.4. The van der Waals surface area contributed by atoms with E-state index in [2.05, 4.69) is 10.1 Å². The maximum Gasteiger partial charge on any atom is 0.189 e. The fourth-order valence-electron chi connectivity index (χ4n) is 1.58. The van der Waals surface area contributed by atoms with E-state index < -0.39 is 0 Å². The number of rotatable bonds is 4. The summed E-state index contributed by atoms with van der Waals surface area (Å²) in [7, 11) is 0. The van der Waals surface area contributed by atoms with Crippen LogP contribution in [0.2, 0.25) is 10.0 Å². The van der Waals surface area contributed by atoms with Gasteiger partial charge in [0.15, 0.2) is 5.84 Å². The molecule has 0 aliphatic rings. The number of nitrogens with two attached hydrogens (primary N) is 1. The quantitative estimate of drug-likeness (QED) is 0.393. The zero-order chi connectivity index (χ0) is 14.5. The number of amidine groups is 1. The van der Waals surface area contributed by atoms with Gasteiger partial charge < -0.3 is 15.7 Å². The summed E-state index contributed by atoms with van der Waals surface area (Å²) in [6.07, 6.45) is 1.54. The van der Waals surface area contributed by atoms with Crippen molar-refractivity contribution in [2.24, 2.45) is 10.9 Å². The normalized spacial score (nSPS) is 11.4. The van der Waals surface area contributed by atoms with Crippen molar-refractivity contribution >= 4 is 29.0 Å². The first-order valence-corrected chi connectivity index (χ1v) is 6.37. The van der Waals surface area contributed by atoms with E-state index in [0.29, 0.717) is 27.1 Å². The largest absolute Gasteiger partial charge is 0.487 e. The predicted molar refractivity (Wildman–Crippen MR) is 77.5 cm³/mol. The van der Waals surface area contributed by atoms with Crippen LogP contribution >= 0.6 is 23.2 Å². The van der Waals surface area contributed by atoms with Crippen molar-refractivity contribution in [2.75, 3.05) is 0 Å². The topological polar surface area (TPSA) is 80.7 Å². The molecule has 0 aliphatic heterocycles. The molecule has 0 atom stereocenters. The van der Waals surface area contributed by atoms with Crippen LogP contribution in [0.15, 0.2) is 41.7 Å². The third-order valence-electron chi connectivity index (χ3n) is 2.54. The molecule has 3 N–H and O–H groups in total. The second kappa shape index (κ2) is 6.45. The molecule has 0 amide bonds. The minimum Gasteiger partial charge on any atom is -0.487 e. The van der Waals surface area contributed by atoms with Crippen molar-refractivity contribution in [3.8, 4) is 5.75 Å². The Morgan fingerprint density at radius 1 is 1.30 bits per heavy atom. The first-order chi connectivity index (χ1) is 9.63. The predicted octanol–water partition coefficient (Wildman–Crippen LogP) is 3.06. The zero-order valence-electron chi connectivity index (χ0n) is 10.3. The summed E-state index contributed by atoms with van der Waals surface area (Å²) in [5.41, 5.74) is 6.57. The number of ether oxygens (including phenoxy) is 1. The van der Waals surface area contributed by atoms with Crippen LogP contribution in [0.1, 0.15) is 11.3 Å². The smallest absolute Gasteiger partial charge is 0.189 e. The Bertz CT molecular complexity index is 647. The number of oxime groups is 1. The van der Waals surface area contributed by atoms with Gasteiger partial charge in [0.1, 0.15) is 23.1 Å². The summed E-state index contributed by atoms with van der Waals surface area (Å²) in [5.74, 6) is 0.370. The van der Waals surface area contributed by atoms with Crippen molar-refractivity contribution < 1.29 is 9.94 Å². The van der Waals surface area contributed by atoms with Crippen LogP contribution in [0.5, 0.6) is 5.75 Å². The monoisotopic (exact) mass is 311 g/mol. The van der Waals surface area contributed by atoms with Crippen LogP contribution in [0.3, 0.4) is 0 Å². The number of aromatic nitrogens is 1. The summed E-state index contributed by atoms with van der Waals surface area (Å²) in [5, 5.41) is 12.4. The van der Waals surface area contributed by atoms with Gasteiger partial charge in [0.2, 0.25) is 0 Å². The summed E-state index contributed by atoms with van der Waals surface area (Å²) in [4.78, 5) is 4.05. The van der Waals surface area contributed by atoms with Gasteiger partial charge in [-0.2, -0.15) is 0 Å². The molecule has 0 saturated heterocycles. The number of pyridine rings is 1. The molecular formula is C13H11Cl2N3O2. The number of hydrogen-bond acceptors (Lipinski definition) is 4. The van der Waals surface area contributed by atoms with Gasteiger partial charge in [-0.05, 0) is 18.2 Å². The van der Waals surface area contributed by atoms with Gasteiger partial charge in [0.25, 0.3) is 0 Å². The number of nitrogens with zero attached hydrogens (tertiary/aromatic N) is 2. The first-order valence-electron chi connectivity index (χ1n) is 5.62. The lowest BCUT2D eigenvalue weighted by Crippen LogP contribution is -2.18. The average molecular weight is 312 g/mol. The lowest BCUT2D eigenvalue weighted by Gasteiger charge is -2.11. The summed E-state index contributed by atoms with van der Waals surface area (Å²) in [6.45, 7) is 0.166. The molecule has 7 heteroatoms. The minimum absolute atomic E-state index is 0.0820. The van der Waals surface area contributed by atoms with Gasteiger partial charge in [0.05, 0.1) is 5.02 Å². The van der Waals surface area contributed by atoms with E-state index >= 15 is 0 Å². The molecule has 5 nitrogen and oxygen atoms in total. The van der Waals surface area contributed by atoms with Gasteiger partial charge in [-0.3, -0.25) is 4.98 Å². The number of hydrogen-bond donors (Lipinski definition) is 2. The van der Waals surface area contributed by atoms with Crippen LogP contribution in [0, 0.1) is 0 Å². The molecule has 0 saturated carbocycles. The molecular weight excluding hydrogens is 301 g/mol. The van der Waals surface area contributed by atoms with Crippen LogP contribution < -0.4 is 10.5 Å². The number of halogens is 2.